The molecule has 3 heteroatoms. The Morgan fingerprint density at radius 2 is 1.53 bits per heavy atom. The van der Waals surface area contributed by atoms with Crippen LogP contribution < -0.4 is 5.30 Å². The zero-order chi connectivity index (χ0) is 24.2. The number of hydrogen-bond donors (Lipinski definition) is 1. The van der Waals surface area contributed by atoms with Crippen LogP contribution in [0.3, 0.4) is 0 Å². The largest absolute Gasteiger partial charge is 0.507 e. The van der Waals surface area contributed by atoms with Gasteiger partial charge in [0.2, 0.25) is 0 Å². The Kier molecular flexibility index (Phi) is 8.74. The van der Waals surface area contributed by atoms with Crippen molar-refractivity contribution in [2.24, 2.45) is 0 Å². The van der Waals surface area contributed by atoms with E-state index in [1.165, 1.54) is 12.0 Å². The highest BCUT2D eigenvalue weighted by atomic mass is 31.1. The van der Waals surface area contributed by atoms with E-state index in [2.05, 4.69) is 73.6 Å². The van der Waals surface area contributed by atoms with Crippen molar-refractivity contribution in [3.8, 4) is 5.75 Å². The summed E-state index contributed by atoms with van der Waals surface area (Å²) >= 11 is 0. The van der Waals surface area contributed by atoms with E-state index in [0.717, 1.165) is 54.0 Å². The fourth-order valence-corrected chi connectivity index (χ4v) is 6.16. The molecule has 2 unspecified atom stereocenters. The van der Waals surface area contributed by atoms with Crippen LogP contribution in [0.2, 0.25) is 0 Å². The Balaban J connectivity index is 2.81. The lowest BCUT2D eigenvalue weighted by atomic mass is 9.76. The van der Waals surface area contributed by atoms with E-state index >= 15 is 0 Å². The monoisotopic (exact) mass is 454 g/mol. The second-order valence-corrected chi connectivity index (χ2v) is 12.9. The van der Waals surface area contributed by atoms with E-state index in [0.29, 0.717) is 14.3 Å². The third-order valence-corrected chi connectivity index (χ3v) is 8.65. The summed E-state index contributed by atoms with van der Waals surface area (Å²) in [6.45, 7) is 17.7. The van der Waals surface area contributed by atoms with Crippen molar-refractivity contribution in [3.63, 3.8) is 0 Å². The summed E-state index contributed by atoms with van der Waals surface area (Å²) in [7, 11) is 0.425. The lowest BCUT2D eigenvalue weighted by Gasteiger charge is -2.38. The molecule has 0 aliphatic carbocycles. The molecule has 0 saturated heterocycles. The molecule has 0 bridgehead atoms. The molecule has 0 aliphatic rings. The van der Waals surface area contributed by atoms with Gasteiger partial charge in [-0.1, -0.05) is 120 Å². The van der Waals surface area contributed by atoms with E-state index in [9.17, 15) is 9.90 Å². The highest BCUT2D eigenvalue weighted by Gasteiger charge is 2.37. The molecule has 0 aliphatic heterocycles. The SMILES string of the molecule is CCCCCC(CC)(Pc1ccccc1C=O)c1cc(C(C)(C)C)cc(C(C)(C)C)c1O. The second-order valence-electron chi connectivity index (χ2n) is 11.1. The average Bonchev–Trinajstić information content (AvgIpc) is 2.72. The molecule has 176 valence electrons. The standard InChI is InChI=1S/C29H43O2P/c1-9-11-14-17-29(10-2,32-25-16-13-12-15-21(25)20-30)24-19-22(27(3,4)5)18-23(26(24)31)28(6,7)8/h12-13,15-16,18-20,31-32H,9-11,14,17H2,1-8H3. The first-order valence-electron chi connectivity index (χ1n) is 12.1. The van der Waals surface area contributed by atoms with Gasteiger partial charge in [-0.15, -0.1) is 0 Å². The molecule has 0 spiro atoms. The van der Waals surface area contributed by atoms with E-state index in [1.807, 2.05) is 18.2 Å². The van der Waals surface area contributed by atoms with Crippen molar-refractivity contribution in [1.29, 1.82) is 0 Å². The van der Waals surface area contributed by atoms with Crippen LogP contribution >= 0.6 is 8.58 Å². The number of hydrogen-bond acceptors (Lipinski definition) is 2. The Hall–Kier alpha value is -1.66. The minimum absolute atomic E-state index is 0.0187. The van der Waals surface area contributed by atoms with E-state index in [1.54, 1.807) is 0 Å². The molecule has 2 rings (SSSR count). The summed E-state index contributed by atoms with van der Waals surface area (Å²) in [5.41, 5.74) is 3.93. The number of aldehydes is 1. The third kappa shape index (κ3) is 6.02. The van der Waals surface area contributed by atoms with Gasteiger partial charge < -0.3 is 5.11 Å². The Bertz CT molecular complexity index is 918. The molecule has 2 aromatic rings. The van der Waals surface area contributed by atoms with Crippen molar-refractivity contribution in [2.75, 3.05) is 0 Å². The summed E-state index contributed by atoms with van der Waals surface area (Å²) < 4.78 is 0. The van der Waals surface area contributed by atoms with Crippen molar-refractivity contribution in [1.82, 2.24) is 0 Å². The van der Waals surface area contributed by atoms with Gasteiger partial charge in [0.25, 0.3) is 0 Å². The molecule has 0 radical (unpaired) electrons. The summed E-state index contributed by atoms with van der Waals surface area (Å²) in [5, 5.41) is 12.6. The molecular formula is C29H43O2P. The van der Waals surface area contributed by atoms with Crippen LogP contribution in [0, 0.1) is 0 Å². The number of rotatable bonds is 9. The normalized spacial score (nSPS) is 14.6. The summed E-state index contributed by atoms with van der Waals surface area (Å²) in [6, 6.07) is 12.4. The van der Waals surface area contributed by atoms with Crippen LogP contribution in [0.4, 0.5) is 0 Å². The maximum Gasteiger partial charge on any atom is 0.150 e. The number of phenols is 1. The minimum Gasteiger partial charge on any atom is -0.507 e. The molecule has 32 heavy (non-hydrogen) atoms. The van der Waals surface area contributed by atoms with Crippen LogP contribution in [0.5, 0.6) is 5.75 Å². The predicted octanol–water partition coefficient (Wildman–Crippen LogP) is 7.99. The van der Waals surface area contributed by atoms with Crippen LogP contribution in [0.1, 0.15) is 115 Å². The van der Waals surface area contributed by atoms with Crippen LogP contribution in [-0.4, -0.2) is 11.4 Å². The average molecular weight is 455 g/mol. The molecule has 0 aromatic heterocycles. The lowest BCUT2D eigenvalue weighted by molar-refractivity contribution is 0.112. The molecule has 0 heterocycles. The predicted molar refractivity (Wildman–Crippen MR) is 141 cm³/mol. The molecule has 2 atom stereocenters. The summed E-state index contributed by atoms with van der Waals surface area (Å²) in [5.74, 6) is 0.444. The molecule has 0 saturated carbocycles. The minimum atomic E-state index is -0.195. The lowest BCUT2D eigenvalue weighted by Crippen LogP contribution is -2.27. The topological polar surface area (TPSA) is 37.3 Å². The van der Waals surface area contributed by atoms with Gasteiger partial charge in [-0.25, -0.2) is 0 Å². The third-order valence-electron chi connectivity index (χ3n) is 6.57. The zero-order valence-corrected chi connectivity index (χ0v) is 22.4. The van der Waals surface area contributed by atoms with Gasteiger partial charge in [-0.2, -0.15) is 0 Å². The van der Waals surface area contributed by atoms with Gasteiger partial charge in [-0.05, 0) is 40.1 Å². The first-order chi connectivity index (χ1) is 14.9. The molecule has 0 fully saturated rings. The van der Waals surface area contributed by atoms with Gasteiger partial charge in [0, 0.05) is 16.3 Å². The van der Waals surface area contributed by atoms with Gasteiger partial charge in [0.05, 0.1) is 0 Å². The van der Waals surface area contributed by atoms with E-state index in [4.69, 9.17) is 0 Å². The van der Waals surface area contributed by atoms with Crippen molar-refractivity contribution < 1.29 is 9.90 Å². The van der Waals surface area contributed by atoms with E-state index in [-0.39, 0.29) is 16.0 Å². The first-order valence-corrected chi connectivity index (χ1v) is 13.1. The number of aromatic hydroxyl groups is 1. The Morgan fingerprint density at radius 1 is 0.906 bits per heavy atom. The number of unbranched alkanes of at least 4 members (excludes halogenated alkanes) is 2. The fraction of sp³-hybridized carbons (Fsp3) is 0.552. The van der Waals surface area contributed by atoms with Gasteiger partial charge in [0.15, 0.2) is 6.29 Å². The zero-order valence-electron chi connectivity index (χ0n) is 21.4. The highest BCUT2D eigenvalue weighted by molar-refractivity contribution is 7.48. The smallest absolute Gasteiger partial charge is 0.150 e. The molecule has 2 aromatic carbocycles. The first kappa shape index (κ1) is 26.6. The Labute approximate surface area is 198 Å². The van der Waals surface area contributed by atoms with Crippen LogP contribution in [-0.2, 0) is 16.0 Å². The quantitative estimate of drug-likeness (QED) is 0.237. The van der Waals surface area contributed by atoms with Crippen molar-refractivity contribution >= 4 is 20.2 Å². The van der Waals surface area contributed by atoms with Crippen molar-refractivity contribution in [3.05, 3.63) is 58.7 Å². The molecule has 0 amide bonds. The van der Waals surface area contributed by atoms with Crippen molar-refractivity contribution in [2.45, 2.75) is 103 Å². The molecule has 2 nitrogen and oxygen atoms in total. The van der Waals surface area contributed by atoms with Crippen LogP contribution in [0.15, 0.2) is 36.4 Å². The number of benzene rings is 2. The molecular weight excluding hydrogens is 411 g/mol. The maximum absolute atomic E-state index is 11.8. The fourth-order valence-electron chi connectivity index (χ4n) is 4.37. The van der Waals surface area contributed by atoms with Gasteiger partial charge in [-0.3, -0.25) is 4.79 Å². The van der Waals surface area contributed by atoms with Crippen LogP contribution in [0.25, 0.3) is 0 Å². The summed E-state index contributed by atoms with van der Waals surface area (Å²) in [4.78, 5) is 11.8. The van der Waals surface area contributed by atoms with E-state index < -0.39 is 0 Å². The van der Waals surface area contributed by atoms with Gasteiger partial charge >= 0.3 is 0 Å². The Morgan fingerprint density at radius 3 is 2.06 bits per heavy atom. The highest BCUT2D eigenvalue weighted by Crippen LogP contribution is 2.53. The van der Waals surface area contributed by atoms with Gasteiger partial charge in [0.1, 0.15) is 5.75 Å². The number of carbonyl (C=O) groups is 1. The number of phenolic OH excluding ortho intramolecular Hbond substituents is 1. The summed E-state index contributed by atoms with van der Waals surface area (Å²) in [6.07, 6.45) is 6.36. The molecule has 1 N–H and O–H groups in total. The number of carbonyl (C=O) groups excluding carboxylic acids is 1. The second kappa shape index (κ2) is 10.5. The maximum atomic E-state index is 11.8.